The van der Waals surface area contributed by atoms with Gasteiger partial charge in [0.25, 0.3) is 0 Å². The highest BCUT2D eigenvalue weighted by atomic mass is 14.6. The highest BCUT2D eigenvalue weighted by molar-refractivity contribution is 5.66. The lowest BCUT2D eigenvalue weighted by Gasteiger charge is -2.07. The molecule has 1 aromatic carbocycles. The smallest absolute Gasteiger partial charge is 0.101 e. The van der Waals surface area contributed by atoms with Gasteiger partial charge in [-0.15, -0.1) is 0 Å². The topological polar surface area (TPSA) is 62.7 Å². The van der Waals surface area contributed by atoms with Crippen LogP contribution in [0.4, 0.5) is 0 Å². The van der Waals surface area contributed by atoms with Gasteiger partial charge in [-0.05, 0) is 35.6 Å². The summed E-state index contributed by atoms with van der Waals surface area (Å²) in [4.78, 5) is 4.09. The van der Waals surface area contributed by atoms with Gasteiger partial charge in [0.15, 0.2) is 0 Å². The standard InChI is InChI=1S/C15H13N3/c16-7-10-5-13(9-18-8-10)11-1-3-14-12(6-11)2-4-15(14)17/h1,3,5-6,8-9,15H,2,4,17H2. The zero-order valence-electron chi connectivity index (χ0n) is 9.93. The molecule has 0 saturated heterocycles. The first-order valence-corrected chi connectivity index (χ1v) is 6.02. The third kappa shape index (κ3) is 1.77. The molecule has 0 bridgehead atoms. The van der Waals surface area contributed by atoms with Crippen molar-refractivity contribution in [3.05, 3.63) is 53.3 Å². The molecule has 88 valence electrons. The van der Waals surface area contributed by atoms with E-state index < -0.39 is 0 Å². The minimum absolute atomic E-state index is 0.178. The fourth-order valence-electron chi connectivity index (χ4n) is 2.49. The largest absolute Gasteiger partial charge is 0.324 e. The van der Waals surface area contributed by atoms with E-state index in [0.717, 1.165) is 24.0 Å². The maximum Gasteiger partial charge on any atom is 0.101 e. The van der Waals surface area contributed by atoms with E-state index in [1.54, 1.807) is 12.4 Å². The van der Waals surface area contributed by atoms with Crippen LogP contribution in [-0.2, 0) is 6.42 Å². The predicted molar refractivity (Wildman–Crippen MR) is 69.6 cm³/mol. The number of aromatic nitrogens is 1. The summed E-state index contributed by atoms with van der Waals surface area (Å²) in [7, 11) is 0. The minimum atomic E-state index is 0.178. The summed E-state index contributed by atoms with van der Waals surface area (Å²) >= 11 is 0. The molecular weight excluding hydrogens is 222 g/mol. The van der Waals surface area contributed by atoms with Crippen LogP contribution in [0.5, 0.6) is 0 Å². The lowest BCUT2D eigenvalue weighted by Crippen LogP contribution is -2.04. The van der Waals surface area contributed by atoms with Gasteiger partial charge in [0.05, 0.1) is 5.56 Å². The van der Waals surface area contributed by atoms with Gasteiger partial charge >= 0.3 is 0 Å². The maximum absolute atomic E-state index is 8.89. The number of fused-ring (bicyclic) bond motifs is 1. The average Bonchev–Trinajstić information content (AvgIpc) is 2.80. The number of benzene rings is 1. The summed E-state index contributed by atoms with van der Waals surface area (Å²) in [6, 6.07) is 10.5. The fraction of sp³-hybridized carbons (Fsp3) is 0.200. The summed E-state index contributed by atoms with van der Waals surface area (Å²) in [5.41, 5.74) is 11.3. The molecule has 0 radical (unpaired) electrons. The summed E-state index contributed by atoms with van der Waals surface area (Å²) in [5, 5.41) is 8.89. The number of hydrogen-bond acceptors (Lipinski definition) is 3. The lowest BCUT2D eigenvalue weighted by atomic mass is 10.0. The van der Waals surface area contributed by atoms with Gasteiger partial charge in [-0.1, -0.05) is 18.2 Å². The fourth-order valence-corrected chi connectivity index (χ4v) is 2.49. The van der Waals surface area contributed by atoms with Gasteiger partial charge in [0.1, 0.15) is 6.07 Å². The van der Waals surface area contributed by atoms with E-state index in [9.17, 15) is 0 Å². The zero-order chi connectivity index (χ0) is 12.5. The number of nitriles is 1. The van der Waals surface area contributed by atoms with Crippen LogP contribution in [0.3, 0.4) is 0 Å². The van der Waals surface area contributed by atoms with Crippen LogP contribution in [0.2, 0.25) is 0 Å². The third-order valence-electron chi connectivity index (χ3n) is 3.47. The van der Waals surface area contributed by atoms with Crippen molar-refractivity contribution >= 4 is 0 Å². The summed E-state index contributed by atoms with van der Waals surface area (Å²) in [6.45, 7) is 0. The number of aryl methyl sites for hydroxylation is 1. The van der Waals surface area contributed by atoms with Crippen LogP contribution in [0.1, 0.15) is 29.2 Å². The van der Waals surface area contributed by atoms with Crippen molar-refractivity contribution in [2.24, 2.45) is 5.73 Å². The Morgan fingerprint density at radius 3 is 2.94 bits per heavy atom. The Labute approximate surface area is 106 Å². The number of pyridine rings is 1. The van der Waals surface area contributed by atoms with Crippen LogP contribution in [0, 0.1) is 11.3 Å². The van der Waals surface area contributed by atoms with E-state index in [2.05, 4.69) is 29.3 Å². The van der Waals surface area contributed by atoms with Crippen LogP contribution in [0.15, 0.2) is 36.7 Å². The number of nitrogens with two attached hydrogens (primary N) is 1. The molecule has 0 amide bonds. The molecule has 3 rings (SSSR count). The van der Waals surface area contributed by atoms with E-state index in [4.69, 9.17) is 11.0 Å². The quantitative estimate of drug-likeness (QED) is 0.826. The van der Waals surface area contributed by atoms with Crippen molar-refractivity contribution in [3.8, 4) is 17.2 Å². The molecule has 1 aromatic heterocycles. The molecule has 18 heavy (non-hydrogen) atoms. The van der Waals surface area contributed by atoms with Crippen LogP contribution in [-0.4, -0.2) is 4.98 Å². The van der Waals surface area contributed by atoms with E-state index in [0.29, 0.717) is 5.56 Å². The number of nitrogens with zero attached hydrogens (tertiary/aromatic N) is 2. The second-order valence-corrected chi connectivity index (χ2v) is 4.63. The summed E-state index contributed by atoms with van der Waals surface area (Å²) in [6.07, 6.45) is 5.43. The van der Waals surface area contributed by atoms with E-state index in [1.807, 2.05) is 6.07 Å². The minimum Gasteiger partial charge on any atom is -0.324 e. The third-order valence-corrected chi connectivity index (χ3v) is 3.47. The maximum atomic E-state index is 8.89. The molecule has 1 atom stereocenters. The van der Waals surface area contributed by atoms with E-state index >= 15 is 0 Å². The van der Waals surface area contributed by atoms with Crippen molar-refractivity contribution in [1.82, 2.24) is 4.98 Å². The van der Waals surface area contributed by atoms with E-state index in [1.165, 1.54) is 11.1 Å². The molecule has 3 heteroatoms. The first-order chi connectivity index (χ1) is 8.78. The molecule has 0 fully saturated rings. The van der Waals surface area contributed by atoms with E-state index in [-0.39, 0.29) is 6.04 Å². The molecule has 2 aromatic rings. The van der Waals surface area contributed by atoms with Gasteiger partial charge in [0.2, 0.25) is 0 Å². The van der Waals surface area contributed by atoms with Crippen molar-refractivity contribution in [3.63, 3.8) is 0 Å². The zero-order valence-corrected chi connectivity index (χ0v) is 9.93. The SMILES string of the molecule is N#Cc1cncc(-c2ccc3c(c2)CCC3N)c1. The van der Waals surface area contributed by atoms with Crippen LogP contribution < -0.4 is 5.73 Å². The molecule has 0 saturated carbocycles. The molecule has 1 unspecified atom stereocenters. The second-order valence-electron chi connectivity index (χ2n) is 4.63. The number of rotatable bonds is 1. The van der Waals surface area contributed by atoms with Crippen molar-refractivity contribution in [2.75, 3.05) is 0 Å². The second kappa shape index (κ2) is 4.25. The van der Waals surface area contributed by atoms with Gasteiger partial charge in [-0.3, -0.25) is 4.98 Å². The van der Waals surface area contributed by atoms with Gasteiger partial charge in [-0.25, -0.2) is 0 Å². The predicted octanol–water partition coefficient (Wildman–Crippen LogP) is 2.57. The molecule has 1 heterocycles. The Balaban J connectivity index is 2.05. The van der Waals surface area contributed by atoms with Gasteiger partial charge in [0, 0.05) is 24.0 Å². The Bertz CT molecular complexity index is 640. The molecule has 0 aliphatic heterocycles. The highest BCUT2D eigenvalue weighted by Gasteiger charge is 2.19. The van der Waals surface area contributed by atoms with Crippen LogP contribution in [0.25, 0.3) is 11.1 Å². The Hall–Kier alpha value is -2.18. The molecule has 1 aliphatic carbocycles. The summed E-state index contributed by atoms with van der Waals surface area (Å²) < 4.78 is 0. The molecular formula is C15H13N3. The van der Waals surface area contributed by atoms with Crippen molar-refractivity contribution in [2.45, 2.75) is 18.9 Å². The Morgan fingerprint density at radius 1 is 1.22 bits per heavy atom. The molecule has 0 spiro atoms. The van der Waals surface area contributed by atoms with Crippen LogP contribution >= 0.6 is 0 Å². The molecule has 3 nitrogen and oxygen atoms in total. The Morgan fingerprint density at radius 2 is 2.11 bits per heavy atom. The number of hydrogen-bond donors (Lipinski definition) is 1. The first kappa shape index (κ1) is 10.9. The lowest BCUT2D eigenvalue weighted by molar-refractivity contribution is 0.713. The van der Waals surface area contributed by atoms with Crippen molar-refractivity contribution in [1.29, 1.82) is 5.26 Å². The average molecular weight is 235 g/mol. The molecule has 2 N–H and O–H groups in total. The van der Waals surface area contributed by atoms with Gasteiger partial charge < -0.3 is 5.73 Å². The highest BCUT2D eigenvalue weighted by Crippen LogP contribution is 2.32. The van der Waals surface area contributed by atoms with Crippen molar-refractivity contribution < 1.29 is 0 Å². The normalized spacial score (nSPS) is 17.2. The Kier molecular flexibility index (Phi) is 2.58. The monoisotopic (exact) mass is 235 g/mol. The molecule has 1 aliphatic rings. The summed E-state index contributed by atoms with van der Waals surface area (Å²) in [5.74, 6) is 0. The van der Waals surface area contributed by atoms with Gasteiger partial charge in [-0.2, -0.15) is 5.26 Å². The first-order valence-electron chi connectivity index (χ1n) is 6.02.